The highest BCUT2D eigenvalue weighted by Gasteiger charge is 2.35. The molecule has 1 saturated heterocycles. The monoisotopic (exact) mass is 373 g/mol. The lowest BCUT2D eigenvalue weighted by Gasteiger charge is -2.27. The highest BCUT2D eigenvalue weighted by atomic mass is 16.6. The Morgan fingerprint density at radius 2 is 2.15 bits per heavy atom. The average Bonchev–Trinajstić information content (AvgIpc) is 3.22. The Hall–Kier alpha value is -2.57. The van der Waals surface area contributed by atoms with Crippen molar-refractivity contribution in [1.82, 2.24) is 15.0 Å². The van der Waals surface area contributed by atoms with Crippen LogP contribution in [0.3, 0.4) is 0 Å². The molecule has 27 heavy (non-hydrogen) atoms. The highest BCUT2D eigenvalue weighted by Crippen LogP contribution is 2.36. The molecule has 1 atom stereocenters. The van der Waals surface area contributed by atoms with Crippen molar-refractivity contribution in [2.45, 2.75) is 65.2 Å². The van der Waals surface area contributed by atoms with Crippen LogP contribution in [0.2, 0.25) is 0 Å². The van der Waals surface area contributed by atoms with Crippen LogP contribution < -0.4 is 4.74 Å². The van der Waals surface area contributed by atoms with Gasteiger partial charge in [0.1, 0.15) is 11.3 Å². The van der Waals surface area contributed by atoms with E-state index in [1.807, 2.05) is 52.8 Å². The molecule has 3 rings (SSSR count). The number of carbonyl (C=O) groups excluding carboxylic acids is 1. The topological polar surface area (TPSA) is 77.7 Å². The molecule has 0 aliphatic carbocycles. The SMILES string of the molecule is CC(C)Oc1ncccc1-c1cc([C@@H]2CCCN2C(=O)OC(C)(C)C)on1. The molecule has 0 N–H and O–H groups in total. The summed E-state index contributed by atoms with van der Waals surface area (Å²) in [5.74, 6) is 1.16. The van der Waals surface area contributed by atoms with E-state index in [-0.39, 0.29) is 18.2 Å². The number of carbonyl (C=O) groups is 1. The summed E-state index contributed by atoms with van der Waals surface area (Å²) in [7, 11) is 0. The van der Waals surface area contributed by atoms with E-state index in [1.54, 1.807) is 11.1 Å². The summed E-state index contributed by atoms with van der Waals surface area (Å²) < 4.78 is 16.9. The van der Waals surface area contributed by atoms with Gasteiger partial charge in [0, 0.05) is 18.8 Å². The van der Waals surface area contributed by atoms with Gasteiger partial charge in [0.2, 0.25) is 5.88 Å². The Labute approximate surface area is 159 Å². The second-order valence-electron chi connectivity index (χ2n) is 7.97. The van der Waals surface area contributed by atoms with Crippen molar-refractivity contribution in [2.24, 2.45) is 0 Å². The summed E-state index contributed by atoms with van der Waals surface area (Å²) in [5, 5.41) is 4.19. The zero-order chi connectivity index (χ0) is 19.6. The van der Waals surface area contributed by atoms with Crippen LogP contribution in [-0.4, -0.2) is 39.4 Å². The molecule has 1 fully saturated rings. The molecule has 1 aliphatic rings. The molecule has 2 aromatic heterocycles. The minimum absolute atomic E-state index is 0.00233. The normalized spacial score (nSPS) is 17.4. The smallest absolute Gasteiger partial charge is 0.410 e. The van der Waals surface area contributed by atoms with E-state index in [2.05, 4.69) is 10.1 Å². The number of nitrogens with zero attached hydrogens (tertiary/aromatic N) is 3. The van der Waals surface area contributed by atoms with E-state index in [0.29, 0.717) is 23.9 Å². The molecular weight excluding hydrogens is 346 g/mol. The second-order valence-corrected chi connectivity index (χ2v) is 7.97. The minimum atomic E-state index is -0.532. The molecule has 0 aromatic carbocycles. The maximum absolute atomic E-state index is 12.5. The van der Waals surface area contributed by atoms with Crippen molar-refractivity contribution in [2.75, 3.05) is 6.54 Å². The Balaban J connectivity index is 1.82. The molecule has 146 valence electrons. The largest absolute Gasteiger partial charge is 0.474 e. The first-order valence-electron chi connectivity index (χ1n) is 9.33. The fourth-order valence-electron chi connectivity index (χ4n) is 3.08. The number of pyridine rings is 1. The van der Waals surface area contributed by atoms with Crippen LogP contribution >= 0.6 is 0 Å². The van der Waals surface area contributed by atoms with E-state index in [4.69, 9.17) is 14.0 Å². The van der Waals surface area contributed by atoms with Gasteiger partial charge in [-0.05, 0) is 59.6 Å². The zero-order valence-electron chi connectivity index (χ0n) is 16.6. The van der Waals surface area contributed by atoms with Crippen LogP contribution in [0.4, 0.5) is 4.79 Å². The first-order valence-corrected chi connectivity index (χ1v) is 9.33. The van der Waals surface area contributed by atoms with E-state index >= 15 is 0 Å². The summed E-state index contributed by atoms with van der Waals surface area (Å²) in [5.41, 5.74) is 0.878. The first-order chi connectivity index (χ1) is 12.7. The first kappa shape index (κ1) is 19.2. The molecule has 7 heteroatoms. The van der Waals surface area contributed by atoms with Gasteiger partial charge in [-0.3, -0.25) is 4.90 Å². The van der Waals surface area contributed by atoms with Gasteiger partial charge < -0.3 is 14.0 Å². The van der Waals surface area contributed by atoms with Gasteiger partial charge in [-0.15, -0.1) is 0 Å². The van der Waals surface area contributed by atoms with Crippen molar-refractivity contribution in [3.05, 3.63) is 30.2 Å². The second kappa shape index (κ2) is 7.58. The number of ether oxygens (including phenoxy) is 2. The van der Waals surface area contributed by atoms with Gasteiger partial charge in [0.25, 0.3) is 0 Å². The number of likely N-dealkylation sites (tertiary alicyclic amines) is 1. The molecule has 7 nitrogen and oxygen atoms in total. The molecule has 3 heterocycles. The number of aromatic nitrogens is 2. The predicted octanol–water partition coefficient (Wildman–Crippen LogP) is 4.60. The molecule has 0 radical (unpaired) electrons. The van der Waals surface area contributed by atoms with Gasteiger partial charge >= 0.3 is 6.09 Å². The fraction of sp³-hybridized carbons (Fsp3) is 0.550. The van der Waals surface area contributed by atoms with Crippen LogP contribution in [0.15, 0.2) is 28.9 Å². The molecular formula is C20H27N3O4. The van der Waals surface area contributed by atoms with Gasteiger partial charge in [0.15, 0.2) is 5.76 Å². The maximum atomic E-state index is 12.5. The number of rotatable bonds is 4. The van der Waals surface area contributed by atoms with Gasteiger partial charge in [-0.1, -0.05) is 5.16 Å². The number of hydrogen-bond acceptors (Lipinski definition) is 6. The van der Waals surface area contributed by atoms with Gasteiger partial charge in [-0.2, -0.15) is 0 Å². The van der Waals surface area contributed by atoms with Crippen LogP contribution in [0.25, 0.3) is 11.3 Å². The lowest BCUT2D eigenvalue weighted by molar-refractivity contribution is 0.0204. The summed E-state index contributed by atoms with van der Waals surface area (Å²) in [4.78, 5) is 18.5. The van der Waals surface area contributed by atoms with E-state index < -0.39 is 5.60 Å². The summed E-state index contributed by atoms with van der Waals surface area (Å²) in [6.45, 7) is 10.1. The van der Waals surface area contributed by atoms with Gasteiger partial charge in [-0.25, -0.2) is 9.78 Å². The molecule has 1 amide bonds. The highest BCUT2D eigenvalue weighted by molar-refractivity contribution is 5.69. The number of amides is 1. The summed E-state index contributed by atoms with van der Waals surface area (Å²) in [6.07, 6.45) is 3.07. The van der Waals surface area contributed by atoms with Crippen molar-refractivity contribution in [3.63, 3.8) is 0 Å². The molecule has 0 bridgehead atoms. The van der Waals surface area contributed by atoms with Crippen molar-refractivity contribution in [1.29, 1.82) is 0 Å². The van der Waals surface area contributed by atoms with Crippen LogP contribution in [0.5, 0.6) is 5.88 Å². The fourth-order valence-corrected chi connectivity index (χ4v) is 3.08. The van der Waals surface area contributed by atoms with Crippen molar-refractivity contribution in [3.8, 4) is 17.1 Å². The molecule has 0 unspecified atom stereocenters. The molecule has 0 spiro atoms. The standard InChI is InChI=1S/C20H27N3O4/c1-13(2)25-18-14(8-6-10-21-18)15-12-17(27-22-15)16-9-7-11-23(16)19(24)26-20(3,4)5/h6,8,10,12-13,16H,7,9,11H2,1-5H3/t16-/m0/s1. The quantitative estimate of drug-likeness (QED) is 0.780. The van der Waals surface area contributed by atoms with Crippen molar-refractivity contribution < 1.29 is 18.8 Å². The zero-order valence-corrected chi connectivity index (χ0v) is 16.6. The van der Waals surface area contributed by atoms with E-state index in [1.165, 1.54) is 0 Å². The lowest BCUT2D eigenvalue weighted by Crippen LogP contribution is -2.36. The van der Waals surface area contributed by atoms with E-state index in [9.17, 15) is 4.79 Å². The Morgan fingerprint density at radius 1 is 1.37 bits per heavy atom. The third-order valence-electron chi connectivity index (χ3n) is 4.13. The molecule has 1 aliphatic heterocycles. The predicted molar refractivity (Wildman–Crippen MR) is 100 cm³/mol. The van der Waals surface area contributed by atoms with Crippen LogP contribution in [-0.2, 0) is 4.74 Å². The average molecular weight is 373 g/mol. The Morgan fingerprint density at radius 3 is 2.85 bits per heavy atom. The maximum Gasteiger partial charge on any atom is 0.410 e. The third-order valence-corrected chi connectivity index (χ3v) is 4.13. The molecule has 0 saturated carbocycles. The van der Waals surface area contributed by atoms with Crippen LogP contribution in [0, 0.1) is 0 Å². The van der Waals surface area contributed by atoms with Gasteiger partial charge in [0.05, 0.1) is 17.7 Å². The minimum Gasteiger partial charge on any atom is -0.474 e. The lowest BCUT2D eigenvalue weighted by atomic mass is 10.1. The van der Waals surface area contributed by atoms with Crippen LogP contribution in [0.1, 0.15) is 59.3 Å². The van der Waals surface area contributed by atoms with E-state index in [0.717, 1.165) is 18.4 Å². The Kier molecular flexibility index (Phi) is 5.39. The Bertz CT molecular complexity index is 795. The summed E-state index contributed by atoms with van der Waals surface area (Å²) >= 11 is 0. The third kappa shape index (κ3) is 4.59. The number of hydrogen-bond donors (Lipinski definition) is 0. The molecule has 2 aromatic rings. The summed E-state index contributed by atoms with van der Waals surface area (Å²) in [6, 6.07) is 5.41. The van der Waals surface area contributed by atoms with Crippen molar-refractivity contribution >= 4 is 6.09 Å².